The molecule has 1 N–H and O–H groups in total. The normalized spacial score (nSPS) is 10.8. The van der Waals surface area contributed by atoms with Gasteiger partial charge in [0.2, 0.25) is 0 Å². The average molecular weight is 229 g/mol. The molecule has 0 saturated heterocycles. The van der Waals surface area contributed by atoms with E-state index in [9.17, 15) is 9.18 Å². The standard InChI is InChI=1S/C11H10ClFO2/c12-6-2-1-3-8-4-5-9(13)7-10(8)11(14)15/h1,3-5,7H,2,6H2,(H,14,15). The third kappa shape index (κ3) is 3.36. The first-order valence-corrected chi connectivity index (χ1v) is 4.94. The second-order valence-electron chi connectivity index (χ2n) is 2.92. The van der Waals surface area contributed by atoms with E-state index in [1.165, 1.54) is 12.1 Å². The summed E-state index contributed by atoms with van der Waals surface area (Å²) in [5.41, 5.74) is 0.440. The van der Waals surface area contributed by atoms with Gasteiger partial charge in [-0.3, -0.25) is 0 Å². The molecule has 1 aromatic rings. The molecule has 0 radical (unpaired) electrons. The van der Waals surface area contributed by atoms with Crippen LogP contribution in [-0.2, 0) is 0 Å². The second-order valence-corrected chi connectivity index (χ2v) is 3.29. The first-order valence-electron chi connectivity index (χ1n) is 4.40. The Morgan fingerprint density at radius 1 is 1.53 bits per heavy atom. The molecule has 0 aromatic heterocycles. The minimum Gasteiger partial charge on any atom is -0.478 e. The molecule has 0 amide bonds. The Kier molecular flexibility index (Phi) is 4.31. The van der Waals surface area contributed by atoms with Crippen molar-refractivity contribution in [2.45, 2.75) is 6.42 Å². The van der Waals surface area contributed by atoms with E-state index in [1.54, 1.807) is 12.2 Å². The van der Waals surface area contributed by atoms with Crippen molar-refractivity contribution < 1.29 is 14.3 Å². The van der Waals surface area contributed by atoms with E-state index in [2.05, 4.69) is 0 Å². The highest BCUT2D eigenvalue weighted by Crippen LogP contribution is 2.13. The van der Waals surface area contributed by atoms with Crippen molar-refractivity contribution >= 4 is 23.6 Å². The summed E-state index contributed by atoms with van der Waals surface area (Å²) in [6.45, 7) is 0. The predicted molar refractivity (Wildman–Crippen MR) is 57.7 cm³/mol. The molecular formula is C11H10ClFO2. The summed E-state index contributed by atoms with van der Waals surface area (Å²) in [5.74, 6) is -1.22. The number of alkyl halides is 1. The lowest BCUT2D eigenvalue weighted by atomic mass is 10.1. The number of carboxylic acids is 1. The molecular weight excluding hydrogens is 219 g/mol. The molecule has 1 rings (SSSR count). The molecule has 4 heteroatoms. The molecule has 2 nitrogen and oxygen atoms in total. The Hall–Kier alpha value is -1.35. The maximum atomic E-state index is 12.8. The summed E-state index contributed by atoms with van der Waals surface area (Å²) < 4.78 is 12.8. The summed E-state index contributed by atoms with van der Waals surface area (Å²) in [4.78, 5) is 10.8. The van der Waals surface area contributed by atoms with Crippen molar-refractivity contribution in [3.05, 3.63) is 41.2 Å². The highest BCUT2D eigenvalue weighted by molar-refractivity contribution is 6.17. The minimum atomic E-state index is -1.14. The van der Waals surface area contributed by atoms with Gasteiger partial charge in [-0.2, -0.15) is 0 Å². The number of hydrogen-bond acceptors (Lipinski definition) is 1. The van der Waals surface area contributed by atoms with Gasteiger partial charge in [0.05, 0.1) is 5.56 Å². The number of hydrogen-bond donors (Lipinski definition) is 1. The van der Waals surface area contributed by atoms with Crippen LogP contribution in [0.5, 0.6) is 0 Å². The van der Waals surface area contributed by atoms with Crippen molar-refractivity contribution in [3.63, 3.8) is 0 Å². The number of carboxylic acid groups (broad SMARTS) is 1. The molecule has 15 heavy (non-hydrogen) atoms. The summed E-state index contributed by atoms with van der Waals surface area (Å²) in [5, 5.41) is 8.82. The summed E-state index contributed by atoms with van der Waals surface area (Å²) >= 11 is 5.47. The van der Waals surface area contributed by atoms with Gasteiger partial charge < -0.3 is 5.11 Å². The van der Waals surface area contributed by atoms with Crippen LogP contribution < -0.4 is 0 Å². The molecule has 0 unspecified atom stereocenters. The van der Waals surface area contributed by atoms with E-state index in [0.717, 1.165) is 6.07 Å². The van der Waals surface area contributed by atoms with E-state index >= 15 is 0 Å². The maximum Gasteiger partial charge on any atom is 0.336 e. The van der Waals surface area contributed by atoms with Gasteiger partial charge in [0.1, 0.15) is 5.82 Å². The van der Waals surface area contributed by atoms with Gasteiger partial charge in [0, 0.05) is 5.88 Å². The van der Waals surface area contributed by atoms with Gasteiger partial charge in [0.25, 0.3) is 0 Å². The Bertz CT molecular complexity index is 388. The molecule has 0 saturated carbocycles. The van der Waals surface area contributed by atoms with Crippen molar-refractivity contribution in [1.82, 2.24) is 0 Å². The van der Waals surface area contributed by atoms with Crippen LogP contribution in [0.1, 0.15) is 22.3 Å². The van der Waals surface area contributed by atoms with Gasteiger partial charge in [0.15, 0.2) is 0 Å². The largest absolute Gasteiger partial charge is 0.478 e. The molecule has 0 aliphatic rings. The number of carbonyl (C=O) groups is 1. The van der Waals surface area contributed by atoms with E-state index in [4.69, 9.17) is 16.7 Å². The molecule has 0 atom stereocenters. The van der Waals surface area contributed by atoms with Crippen LogP contribution in [0.25, 0.3) is 6.08 Å². The van der Waals surface area contributed by atoms with Crippen LogP contribution in [0, 0.1) is 5.82 Å². The van der Waals surface area contributed by atoms with Gasteiger partial charge in [-0.15, -0.1) is 11.6 Å². The van der Waals surface area contributed by atoms with Gasteiger partial charge in [-0.25, -0.2) is 9.18 Å². The van der Waals surface area contributed by atoms with Crippen molar-refractivity contribution in [2.24, 2.45) is 0 Å². The van der Waals surface area contributed by atoms with E-state index in [-0.39, 0.29) is 5.56 Å². The fraction of sp³-hybridized carbons (Fsp3) is 0.182. The van der Waals surface area contributed by atoms with Crippen molar-refractivity contribution in [3.8, 4) is 0 Å². The smallest absolute Gasteiger partial charge is 0.336 e. The topological polar surface area (TPSA) is 37.3 Å². The Morgan fingerprint density at radius 3 is 2.87 bits per heavy atom. The molecule has 0 bridgehead atoms. The van der Waals surface area contributed by atoms with Crippen molar-refractivity contribution in [2.75, 3.05) is 5.88 Å². The SMILES string of the molecule is O=C(O)c1cc(F)ccc1C=CCCCl. The minimum absolute atomic E-state index is 0.0409. The molecule has 0 heterocycles. The zero-order valence-corrected chi connectivity index (χ0v) is 8.67. The number of benzene rings is 1. The molecule has 0 spiro atoms. The van der Waals surface area contributed by atoms with Gasteiger partial charge in [-0.1, -0.05) is 18.2 Å². The third-order valence-electron chi connectivity index (χ3n) is 1.82. The molecule has 0 aliphatic carbocycles. The number of halogens is 2. The lowest BCUT2D eigenvalue weighted by Gasteiger charge is -2.00. The average Bonchev–Trinajstić information content (AvgIpc) is 2.20. The zero-order valence-electron chi connectivity index (χ0n) is 7.91. The van der Waals surface area contributed by atoms with Crippen LogP contribution in [0.15, 0.2) is 24.3 Å². The molecule has 0 aliphatic heterocycles. The Balaban J connectivity index is 3.01. The van der Waals surface area contributed by atoms with Crippen molar-refractivity contribution in [1.29, 1.82) is 0 Å². The first kappa shape index (κ1) is 11.7. The highest BCUT2D eigenvalue weighted by Gasteiger charge is 2.08. The maximum absolute atomic E-state index is 12.8. The number of rotatable bonds is 4. The van der Waals surface area contributed by atoms with E-state index < -0.39 is 11.8 Å². The van der Waals surface area contributed by atoms with Crippen LogP contribution in [0.2, 0.25) is 0 Å². The van der Waals surface area contributed by atoms with Crippen LogP contribution in [-0.4, -0.2) is 17.0 Å². The van der Waals surface area contributed by atoms with E-state index in [0.29, 0.717) is 17.9 Å². The first-order chi connectivity index (χ1) is 7.15. The Morgan fingerprint density at radius 2 is 2.27 bits per heavy atom. The molecule has 0 fully saturated rings. The second kappa shape index (κ2) is 5.51. The fourth-order valence-electron chi connectivity index (χ4n) is 1.13. The van der Waals surface area contributed by atoms with Crippen LogP contribution in [0.3, 0.4) is 0 Å². The van der Waals surface area contributed by atoms with Crippen LogP contribution >= 0.6 is 11.6 Å². The quantitative estimate of drug-likeness (QED) is 0.804. The summed E-state index contributed by atoms with van der Waals surface area (Å²) in [6, 6.07) is 3.67. The number of aromatic carboxylic acids is 1. The third-order valence-corrected chi connectivity index (χ3v) is 2.04. The lowest BCUT2D eigenvalue weighted by molar-refractivity contribution is 0.0696. The van der Waals surface area contributed by atoms with Gasteiger partial charge in [-0.05, 0) is 24.1 Å². The van der Waals surface area contributed by atoms with E-state index in [1.807, 2.05) is 0 Å². The predicted octanol–water partition coefficient (Wildman–Crippen LogP) is 3.17. The number of allylic oxidation sites excluding steroid dienone is 1. The van der Waals surface area contributed by atoms with Crippen LogP contribution in [0.4, 0.5) is 4.39 Å². The molecule has 1 aromatic carbocycles. The van der Waals surface area contributed by atoms with Gasteiger partial charge >= 0.3 is 5.97 Å². The fourth-order valence-corrected chi connectivity index (χ4v) is 1.26. The summed E-state index contributed by atoms with van der Waals surface area (Å²) in [6.07, 6.45) is 4.04. The highest BCUT2D eigenvalue weighted by atomic mass is 35.5. The monoisotopic (exact) mass is 228 g/mol. The molecule has 80 valence electrons. The lowest BCUT2D eigenvalue weighted by Crippen LogP contribution is -2.00. The summed E-state index contributed by atoms with van der Waals surface area (Å²) in [7, 11) is 0. The Labute approximate surface area is 92.0 Å². The zero-order chi connectivity index (χ0) is 11.3.